The largest absolute Gasteiger partial charge is 0.492 e. The van der Waals surface area contributed by atoms with Gasteiger partial charge in [-0.2, -0.15) is 0 Å². The minimum absolute atomic E-state index is 0.277. The Labute approximate surface area is 103 Å². The smallest absolute Gasteiger partial charge is 0.128 e. The molecular formula is C12H15BrFNO. The summed E-state index contributed by atoms with van der Waals surface area (Å²) in [7, 11) is 0. The first-order chi connectivity index (χ1) is 7.74. The van der Waals surface area contributed by atoms with Gasteiger partial charge in [-0.05, 0) is 31.5 Å². The molecule has 88 valence electrons. The van der Waals surface area contributed by atoms with Crippen molar-refractivity contribution in [3.8, 4) is 5.75 Å². The number of nitrogens with one attached hydrogen (secondary N) is 1. The third-order valence-electron chi connectivity index (χ3n) is 2.70. The van der Waals surface area contributed by atoms with E-state index in [0.717, 1.165) is 13.0 Å². The highest BCUT2D eigenvalue weighted by molar-refractivity contribution is 9.10. The number of hydrogen-bond donors (Lipinski definition) is 1. The lowest BCUT2D eigenvalue weighted by Gasteiger charge is -2.23. The first-order valence-corrected chi connectivity index (χ1v) is 6.35. The van der Waals surface area contributed by atoms with E-state index in [-0.39, 0.29) is 5.82 Å². The highest BCUT2D eigenvalue weighted by Crippen LogP contribution is 2.21. The zero-order chi connectivity index (χ0) is 11.4. The summed E-state index contributed by atoms with van der Waals surface area (Å²) >= 11 is 3.24. The van der Waals surface area contributed by atoms with Gasteiger partial charge in [0.25, 0.3) is 0 Å². The molecular weight excluding hydrogens is 273 g/mol. The summed E-state index contributed by atoms with van der Waals surface area (Å²) in [5, 5.41) is 3.39. The lowest BCUT2D eigenvalue weighted by atomic mass is 10.1. The molecule has 4 heteroatoms. The Morgan fingerprint density at radius 2 is 2.25 bits per heavy atom. The molecule has 0 radical (unpaired) electrons. The first kappa shape index (κ1) is 11.9. The minimum Gasteiger partial charge on any atom is -0.492 e. The lowest BCUT2D eigenvalue weighted by Crippen LogP contribution is -2.38. The van der Waals surface area contributed by atoms with E-state index < -0.39 is 0 Å². The zero-order valence-corrected chi connectivity index (χ0v) is 10.6. The molecule has 1 fully saturated rings. The van der Waals surface area contributed by atoms with Crippen LogP contribution in [-0.4, -0.2) is 19.2 Å². The lowest BCUT2D eigenvalue weighted by molar-refractivity contribution is 0.238. The fourth-order valence-corrected chi connectivity index (χ4v) is 2.32. The summed E-state index contributed by atoms with van der Waals surface area (Å²) < 4.78 is 19.4. The van der Waals surface area contributed by atoms with Gasteiger partial charge in [0.05, 0.1) is 0 Å². The maximum atomic E-state index is 13.1. The predicted octanol–water partition coefficient (Wildman–Crippen LogP) is 3.11. The predicted molar refractivity (Wildman–Crippen MR) is 65.2 cm³/mol. The number of ether oxygens (including phenoxy) is 1. The number of hydrogen-bond acceptors (Lipinski definition) is 2. The molecule has 0 aromatic heterocycles. The van der Waals surface area contributed by atoms with Gasteiger partial charge in [0.2, 0.25) is 0 Å². The fourth-order valence-electron chi connectivity index (χ4n) is 1.87. The van der Waals surface area contributed by atoms with Crippen LogP contribution in [0.5, 0.6) is 5.75 Å². The number of benzene rings is 1. The van der Waals surface area contributed by atoms with Crippen LogP contribution in [0.2, 0.25) is 0 Å². The highest BCUT2D eigenvalue weighted by Gasteiger charge is 2.13. The van der Waals surface area contributed by atoms with Crippen molar-refractivity contribution in [1.29, 1.82) is 0 Å². The van der Waals surface area contributed by atoms with Crippen LogP contribution in [0.1, 0.15) is 19.3 Å². The summed E-state index contributed by atoms with van der Waals surface area (Å²) in [6, 6.07) is 5.02. The van der Waals surface area contributed by atoms with E-state index in [9.17, 15) is 4.39 Å². The molecule has 2 nitrogen and oxygen atoms in total. The van der Waals surface area contributed by atoms with Gasteiger partial charge < -0.3 is 10.1 Å². The Kier molecular flexibility index (Phi) is 4.18. The second kappa shape index (κ2) is 5.64. The van der Waals surface area contributed by atoms with Crippen molar-refractivity contribution >= 4 is 15.9 Å². The van der Waals surface area contributed by atoms with Gasteiger partial charge in [-0.25, -0.2) is 4.39 Å². The van der Waals surface area contributed by atoms with Crippen molar-refractivity contribution in [2.45, 2.75) is 25.3 Å². The normalized spacial score (nSPS) is 20.8. The highest BCUT2D eigenvalue weighted by atomic mass is 79.9. The molecule has 0 amide bonds. The summed E-state index contributed by atoms with van der Waals surface area (Å²) in [4.78, 5) is 0. The van der Waals surface area contributed by atoms with Gasteiger partial charge in [-0.3, -0.25) is 0 Å². The second-order valence-corrected chi connectivity index (χ2v) is 4.98. The molecule has 16 heavy (non-hydrogen) atoms. The summed E-state index contributed by atoms with van der Waals surface area (Å²) in [6.45, 7) is 1.66. The summed E-state index contributed by atoms with van der Waals surface area (Å²) in [6.07, 6.45) is 3.62. The van der Waals surface area contributed by atoms with E-state index in [2.05, 4.69) is 21.2 Å². The van der Waals surface area contributed by atoms with Crippen molar-refractivity contribution in [3.05, 3.63) is 28.5 Å². The molecule has 2 rings (SSSR count). The standard InChI is InChI=1S/C12H15BrFNO/c13-9-5-10(14)7-12(6-9)16-8-11-3-1-2-4-15-11/h5-7,11,15H,1-4,8H2. The van der Waals surface area contributed by atoms with Gasteiger partial charge in [-0.15, -0.1) is 0 Å². The Balaban J connectivity index is 1.88. The van der Waals surface area contributed by atoms with Crippen molar-refractivity contribution < 1.29 is 9.13 Å². The van der Waals surface area contributed by atoms with Crippen LogP contribution in [0.4, 0.5) is 4.39 Å². The van der Waals surface area contributed by atoms with Crippen LogP contribution in [0.3, 0.4) is 0 Å². The molecule has 1 N–H and O–H groups in total. The van der Waals surface area contributed by atoms with E-state index >= 15 is 0 Å². The van der Waals surface area contributed by atoms with Gasteiger partial charge in [0.15, 0.2) is 0 Å². The van der Waals surface area contributed by atoms with Crippen LogP contribution < -0.4 is 10.1 Å². The average molecular weight is 288 g/mol. The molecule has 0 saturated carbocycles. The van der Waals surface area contributed by atoms with Crippen LogP contribution in [0, 0.1) is 5.82 Å². The fraction of sp³-hybridized carbons (Fsp3) is 0.500. The van der Waals surface area contributed by atoms with Crippen LogP contribution in [-0.2, 0) is 0 Å². The molecule has 1 unspecified atom stereocenters. The van der Waals surface area contributed by atoms with Gasteiger partial charge in [-0.1, -0.05) is 22.4 Å². The Morgan fingerprint density at radius 3 is 2.94 bits per heavy atom. The molecule has 1 atom stereocenters. The molecule has 0 aliphatic carbocycles. The molecule has 0 spiro atoms. The molecule has 1 aromatic rings. The van der Waals surface area contributed by atoms with Crippen LogP contribution in [0.15, 0.2) is 22.7 Å². The van der Waals surface area contributed by atoms with E-state index in [1.165, 1.54) is 25.0 Å². The van der Waals surface area contributed by atoms with Gasteiger partial charge >= 0.3 is 0 Å². The maximum absolute atomic E-state index is 13.1. The van der Waals surface area contributed by atoms with E-state index in [4.69, 9.17) is 4.74 Å². The average Bonchev–Trinajstić information content (AvgIpc) is 2.27. The SMILES string of the molecule is Fc1cc(Br)cc(OCC2CCCCN2)c1. The number of rotatable bonds is 3. The minimum atomic E-state index is -0.277. The third kappa shape index (κ3) is 3.46. The third-order valence-corrected chi connectivity index (χ3v) is 3.16. The van der Waals surface area contributed by atoms with E-state index in [0.29, 0.717) is 22.9 Å². The molecule has 1 heterocycles. The summed E-state index contributed by atoms with van der Waals surface area (Å²) in [5.41, 5.74) is 0. The second-order valence-electron chi connectivity index (χ2n) is 4.06. The summed E-state index contributed by atoms with van der Waals surface area (Å²) in [5.74, 6) is 0.306. The van der Waals surface area contributed by atoms with Crippen LogP contribution in [0.25, 0.3) is 0 Å². The molecule has 1 aliphatic heterocycles. The number of halogens is 2. The van der Waals surface area contributed by atoms with Crippen molar-refractivity contribution in [1.82, 2.24) is 5.32 Å². The van der Waals surface area contributed by atoms with E-state index in [1.54, 1.807) is 6.07 Å². The first-order valence-electron chi connectivity index (χ1n) is 5.56. The molecule has 0 bridgehead atoms. The Hall–Kier alpha value is -0.610. The quantitative estimate of drug-likeness (QED) is 0.922. The van der Waals surface area contributed by atoms with E-state index in [1.807, 2.05) is 0 Å². The zero-order valence-electron chi connectivity index (χ0n) is 9.01. The van der Waals surface area contributed by atoms with Gasteiger partial charge in [0, 0.05) is 16.6 Å². The molecule has 1 aromatic carbocycles. The van der Waals surface area contributed by atoms with Crippen molar-refractivity contribution in [2.24, 2.45) is 0 Å². The Morgan fingerprint density at radius 1 is 1.38 bits per heavy atom. The molecule has 1 aliphatic rings. The molecule has 1 saturated heterocycles. The van der Waals surface area contributed by atoms with Crippen molar-refractivity contribution in [3.63, 3.8) is 0 Å². The number of piperidine rings is 1. The topological polar surface area (TPSA) is 21.3 Å². The van der Waals surface area contributed by atoms with Crippen LogP contribution >= 0.6 is 15.9 Å². The van der Waals surface area contributed by atoms with Crippen molar-refractivity contribution in [2.75, 3.05) is 13.2 Å². The monoisotopic (exact) mass is 287 g/mol. The van der Waals surface area contributed by atoms with Gasteiger partial charge in [0.1, 0.15) is 18.2 Å². The Bertz CT molecular complexity index is 333. The maximum Gasteiger partial charge on any atom is 0.128 e.